The van der Waals surface area contributed by atoms with Crippen LogP contribution in [0, 0.1) is 0 Å². The lowest BCUT2D eigenvalue weighted by atomic mass is 10.1. The maximum Gasteiger partial charge on any atom is 0.337 e. The Hall–Kier alpha value is -3.29. The van der Waals surface area contributed by atoms with Gasteiger partial charge in [0, 0.05) is 24.0 Å². The van der Waals surface area contributed by atoms with Gasteiger partial charge in [0.2, 0.25) is 5.71 Å². The van der Waals surface area contributed by atoms with Crippen molar-refractivity contribution >= 4 is 16.8 Å². The zero-order valence-corrected chi connectivity index (χ0v) is 13.1. The molecule has 3 aromatic rings. The number of nitrogens with zero attached hydrogens (tertiary/aromatic N) is 3. The van der Waals surface area contributed by atoms with Crippen LogP contribution in [0.4, 0.5) is 0 Å². The molecule has 0 aliphatic carbocycles. The fourth-order valence-electron chi connectivity index (χ4n) is 2.19. The molecule has 3 aromatic heterocycles. The summed E-state index contributed by atoms with van der Waals surface area (Å²) in [5, 5.41) is 4.14. The number of hydrogen-bond acceptors (Lipinski definition) is 7. The van der Waals surface area contributed by atoms with Crippen molar-refractivity contribution in [2.45, 2.75) is 20.3 Å². The van der Waals surface area contributed by atoms with Crippen molar-refractivity contribution in [2.75, 3.05) is 0 Å². The fraction of sp³-hybridized carbons (Fsp3) is 0.188. The van der Waals surface area contributed by atoms with E-state index in [1.165, 1.54) is 6.07 Å². The summed E-state index contributed by atoms with van der Waals surface area (Å²) in [7, 11) is 0. The van der Waals surface area contributed by atoms with E-state index in [9.17, 15) is 9.59 Å². The Morgan fingerprint density at radius 2 is 2.25 bits per heavy atom. The summed E-state index contributed by atoms with van der Waals surface area (Å²) in [6.07, 6.45) is 3.78. The average molecular weight is 326 g/mol. The Morgan fingerprint density at radius 3 is 2.96 bits per heavy atom. The molecule has 3 rings (SSSR count). The smallest absolute Gasteiger partial charge is 0.337 e. The minimum atomic E-state index is -0.571. The number of aromatic nitrogens is 3. The molecule has 3 heterocycles. The first-order chi connectivity index (χ1) is 11.6. The van der Waals surface area contributed by atoms with E-state index < -0.39 is 11.2 Å². The quantitative estimate of drug-likeness (QED) is 0.576. The van der Waals surface area contributed by atoms with Crippen LogP contribution in [0.15, 0.2) is 49.8 Å². The predicted molar refractivity (Wildman–Crippen MR) is 87.4 cm³/mol. The van der Waals surface area contributed by atoms with Crippen molar-refractivity contribution in [2.24, 2.45) is 5.16 Å². The van der Waals surface area contributed by atoms with Gasteiger partial charge in [0.25, 0.3) is 5.56 Å². The van der Waals surface area contributed by atoms with E-state index in [0.29, 0.717) is 17.7 Å². The highest BCUT2D eigenvalue weighted by Crippen LogP contribution is 2.13. The largest absolute Gasteiger partial charge is 0.403 e. The molecule has 0 radical (unpaired) electrons. The molecule has 8 heteroatoms. The average Bonchev–Trinajstić information content (AvgIpc) is 2.59. The van der Waals surface area contributed by atoms with Crippen LogP contribution in [-0.2, 0) is 6.42 Å². The van der Waals surface area contributed by atoms with Crippen molar-refractivity contribution in [1.82, 2.24) is 15.0 Å². The molecule has 0 aliphatic heterocycles. The predicted octanol–water partition coefficient (Wildman–Crippen LogP) is 1.64. The van der Waals surface area contributed by atoms with Gasteiger partial charge < -0.3 is 9.25 Å². The van der Waals surface area contributed by atoms with E-state index in [0.717, 1.165) is 5.56 Å². The first kappa shape index (κ1) is 15.6. The molecular formula is C16H14N4O4. The van der Waals surface area contributed by atoms with E-state index in [1.54, 1.807) is 25.4 Å². The van der Waals surface area contributed by atoms with Crippen LogP contribution in [0.1, 0.15) is 25.0 Å². The number of H-pyrrole nitrogens is 1. The van der Waals surface area contributed by atoms with Crippen molar-refractivity contribution in [1.29, 1.82) is 0 Å². The molecule has 0 amide bonds. The van der Waals surface area contributed by atoms with Gasteiger partial charge >= 0.3 is 11.6 Å². The molecule has 0 atom stereocenters. The number of rotatable bonds is 4. The fourth-order valence-corrected chi connectivity index (χ4v) is 2.19. The Labute approximate surface area is 135 Å². The number of aryl methyl sites for hydroxylation is 1. The lowest BCUT2D eigenvalue weighted by Crippen LogP contribution is -2.14. The number of aromatic amines is 1. The third kappa shape index (κ3) is 3.07. The van der Waals surface area contributed by atoms with E-state index in [-0.39, 0.29) is 17.1 Å². The maximum absolute atomic E-state index is 12.2. The van der Waals surface area contributed by atoms with Gasteiger partial charge in [-0.15, -0.1) is 0 Å². The molecule has 122 valence electrons. The van der Waals surface area contributed by atoms with Gasteiger partial charge in [-0.25, -0.2) is 4.79 Å². The van der Waals surface area contributed by atoms with Crippen molar-refractivity contribution in [3.63, 3.8) is 0 Å². The third-order valence-corrected chi connectivity index (χ3v) is 3.40. The Bertz CT molecular complexity index is 1020. The van der Waals surface area contributed by atoms with Gasteiger partial charge in [0.15, 0.2) is 0 Å². The zero-order chi connectivity index (χ0) is 17.1. The minimum Gasteiger partial charge on any atom is -0.403 e. The summed E-state index contributed by atoms with van der Waals surface area (Å²) >= 11 is 0. The second-order valence-electron chi connectivity index (χ2n) is 5.01. The van der Waals surface area contributed by atoms with E-state index in [4.69, 9.17) is 9.25 Å². The topological polar surface area (TPSA) is 110 Å². The lowest BCUT2D eigenvalue weighted by molar-refractivity contribution is 0.311. The SMILES string of the molecule is CCc1cc(=O)oc2nc(O/N=C(\C)c3cccnc3)[nH]c(=O)c12. The first-order valence-corrected chi connectivity index (χ1v) is 7.27. The number of nitrogens with one attached hydrogen (secondary N) is 1. The third-order valence-electron chi connectivity index (χ3n) is 3.40. The first-order valence-electron chi connectivity index (χ1n) is 7.27. The zero-order valence-electron chi connectivity index (χ0n) is 13.1. The highest BCUT2D eigenvalue weighted by atomic mass is 16.6. The van der Waals surface area contributed by atoms with Crippen LogP contribution < -0.4 is 16.0 Å². The summed E-state index contributed by atoms with van der Waals surface area (Å²) < 4.78 is 4.99. The van der Waals surface area contributed by atoms with Crippen LogP contribution in [0.5, 0.6) is 6.01 Å². The highest BCUT2D eigenvalue weighted by molar-refractivity contribution is 5.98. The molecule has 8 nitrogen and oxygen atoms in total. The van der Waals surface area contributed by atoms with Gasteiger partial charge in [-0.3, -0.25) is 14.8 Å². The Balaban J connectivity index is 2.00. The maximum atomic E-state index is 12.2. The van der Waals surface area contributed by atoms with Gasteiger partial charge in [0.1, 0.15) is 5.39 Å². The van der Waals surface area contributed by atoms with Gasteiger partial charge in [-0.05, 0) is 31.0 Å². The number of pyridine rings is 1. The molecule has 0 aliphatic rings. The monoisotopic (exact) mass is 326 g/mol. The van der Waals surface area contributed by atoms with E-state index in [1.807, 2.05) is 13.0 Å². The molecule has 0 saturated carbocycles. The van der Waals surface area contributed by atoms with Gasteiger partial charge in [-0.2, -0.15) is 4.98 Å². The second-order valence-corrected chi connectivity index (χ2v) is 5.01. The molecule has 24 heavy (non-hydrogen) atoms. The van der Waals surface area contributed by atoms with Gasteiger partial charge in [-0.1, -0.05) is 12.1 Å². The molecule has 0 bridgehead atoms. The highest BCUT2D eigenvalue weighted by Gasteiger charge is 2.12. The van der Waals surface area contributed by atoms with Crippen LogP contribution in [0.25, 0.3) is 11.1 Å². The van der Waals surface area contributed by atoms with Gasteiger partial charge in [0.05, 0.1) is 5.71 Å². The number of fused-ring (bicyclic) bond motifs is 1. The Kier molecular flexibility index (Phi) is 4.19. The van der Waals surface area contributed by atoms with Crippen LogP contribution in [0.3, 0.4) is 0 Å². The molecule has 0 spiro atoms. The second kappa shape index (κ2) is 6.45. The van der Waals surface area contributed by atoms with Crippen LogP contribution >= 0.6 is 0 Å². The van der Waals surface area contributed by atoms with E-state index in [2.05, 4.69) is 20.1 Å². The summed E-state index contributed by atoms with van der Waals surface area (Å²) in [6, 6.07) is 4.71. The summed E-state index contributed by atoms with van der Waals surface area (Å²) in [6.45, 7) is 3.56. The summed E-state index contributed by atoms with van der Waals surface area (Å²) in [5.41, 5.74) is 0.780. The number of hydrogen-bond donors (Lipinski definition) is 1. The minimum absolute atomic E-state index is 0.0765. The summed E-state index contributed by atoms with van der Waals surface area (Å²) in [4.78, 5) is 39.4. The Morgan fingerprint density at radius 1 is 1.42 bits per heavy atom. The number of oxime groups is 1. The lowest BCUT2D eigenvalue weighted by Gasteiger charge is -2.03. The van der Waals surface area contributed by atoms with Crippen molar-refractivity contribution in [3.05, 3.63) is 62.5 Å². The standard InChI is InChI=1S/C16H14N4O4/c1-3-10-7-12(21)23-15-13(10)14(22)18-16(19-15)24-20-9(2)11-5-4-6-17-8-11/h4-8H,3H2,1-2H3,(H,18,19,22)/b20-9+. The van der Waals surface area contributed by atoms with Crippen molar-refractivity contribution < 1.29 is 9.25 Å². The van der Waals surface area contributed by atoms with Crippen LogP contribution in [0.2, 0.25) is 0 Å². The molecule has 1 N–H and O–H groups in total. The van der Waals surface area contributed by atoms with Crippen molar-refractivity contribution in [3.8, 4) is 6.01 Å². The van der Waals surface area contributed by atoms with Crippen LogP contribution in [-0.4, -0.2) is 20.7 Å². The molecule has 0 fully saturated rings. The molecular weight excluding hydrogens is 312 g/mol. The molecule has 0 saturated heterocycles. The molecule has 0 unspecified atom stereocenters. The summed E-state index contributed by atoms with van der Waals surface area (Å²) in [5.74, 6) is 0. The normalized spacial score (nSPS) is 11.7. The van der Waals surface area contributed by atoms with E-state index >= 15 is 0 Å². The molecule has 0 aromatic carbocycles.